The normalized spacial score (nSPS) is 21.4. The number of benzene rings is 1. The number of azo groups is 1. The third-order valence-corrected chi connectivity index (χ3v) is 2.81. The van der Waals surface area contributed by atoms with Crippen molar-refractivity contribution in [3.8, 4) is 6.07 Å². The van der Waals surface area contributed by atoms with E-state index in [-0.39, 0.29) is 11.1 Å². The molecule has 1 heterocycles. The summed E-state index contributed by atoms with van der Waals surface area (Å²) in [7, 11) is 0. The topological polar surface area (TPSA) is 85.8 Å². The first-order valence-electron chi connectivity index (χ1n) is 5.26. The van der Waals surface area contributed by atoms with Crippen molar-refractivity contribution < 1.29 is 23.1 Å². The van der Waals surface area contributed by atoms with Gasteiger partial charge in [0.2, 0.25) is 0 Å². The number of nitriles is 1. The van der Waals surface area contributed by atoms with Crippen LogP contribution in [0.3, 0.4) is 0 Å². The lowest BCUT2D eigenvalue weighted by Crippen LogP contribution is -2.50. The van der Waals surface area contributed by atoms with Crippen molar-refractivity contribution in [2.24, 2.45) is 10.2 Å². The van der Waals surface area contributed by atoms with Gasteiger partial charge >= 0.3 is 12.1 Å². The van der Waals surface area contributed by atoms with Gasteiger partial charge in [-0.3, -0.25) is 0 Å². The third-order valence-electron chi connectivity index (χ3n) is 2.81. The molecule has 1 aliphatic rings. The summed E-state index contributed by atoms with van der Waals surface area (Å²) in [6, 6.07) is 6.95. The molecule has 1 aliphatic heterocycles. The van der Waals surface area contributed by atoms with Gasteiger partial charge in [-0.25, -0.2) is 4.79 Å². The summed E-state index contributed by atoms with van der Waals surface area (Å²) < 4.78 is 39.4. The molecule has 0 fully saturated rings. The molecule has 1 atom stereocenters. The number of hydrogen-bond acceptors (Lipinski definition) is 4. The summed E-state index contributed by atoms with van der Waals surface area (Å²) in [6.45, 7) is 0. The maximum absolute atomic E-state index is 13.1. The Morgan fingerprint density at radius 2 is 2.10 bits per heavy atom. The van der Waals surface area contributed by atoms with Crippen molar-refractivity contribution in [2.45, 2.75) is 11.7 Å². The monoisotopic (exact) mass is 281 g/mol. The summed E-state index contributed by atoms with van der Waals surface area (Å²) in [5.74, 6) is -2.17. The highest BCUT2D eigenvalue weighted by Gasteiger charge is 2.66. The minimum atomic E-state index is -5.15. The first kappa shape index (κ1) is 13.7. The van der Waals surface area contributed by atoms with Crippen LogP contribution >= 0.6 is 0 Å². The van der Waals surface area contributed by atoms with Crippen molar-refractivity contribution in [1.82, 2.24) is 0 Å². The zero-order valence-corrected chi connectivity index (χ0v) is 9.72. The molecule has 0 bridgehead atoms. The Morgan fingerprint density at radius 1 is 1.40 bits per heavy atom. The number of halogens is 3. The van der Waals surface area contributed by atoms with E-state index in [0.717, 1.165) is 12.3 Å². The number of nitrogens with zero attached hydrogens (tertiary/aromatic N) is 3. The molecule has 1 N–H and O–H groups in total. The fourth-order valence-corrected chi connectivity index (χ4v) is 1.85. The second-order valence-corrected chi connectivity index (χ2v) is 3.96. The number of hydrogen-bond donors (Lipinski definition) is 1. The van der Waals surface area contributed by atoms with Crippen LogP contribution in [0.4, 0.5) is 13.2 Å². The zero-order valence-electron chi connectivity index (χ0n) is 9.72. The molecule has 2 rings (SSSR count). The van der Waals surface area contributed by atoms with E-state index in [4.69, 9.17) is 10.4 Å². The van der Waals surface area contributed by atoms with Crippen LogP contribution in [-0.2, 0) is 4.79 Å². The van der Waals surface area contributed by atoms with Gasteiger partial charge in [-0.15, -0.1) is 0 Å². The van der Waals surface area contributed by atoms with Crippen LogP contribution in [0, 0.1) is 11.3 Å². The molecule has 0 radical (unpaired) electrons. The number of carboxylic acid groups (broad SMARTS) is 1. The summed E-state index contributed by atoms with van der Waals surface area (Å²) in [5, 5.41) is 23.7. The Kier molecular flexibility index (Phi) is 3.06. The Morgan fingerprint density at radius 3 is 2.65 bits per heavy atom. The Labute approximate surface area is 110 Å². The van der Waals surface area contributed by atoms with Gasteiger partial charge in [-0.2, -0.15) is 28.7 Å². The van der Waals surface area contributed by atoms with E-state index in [1.54, 1.807) is 6.07 Å². The highest BCUT2D eigenvalue weighted by molar-refractivity contribution is 5.99. The van der Waals surface area contributed by atoms with Crippen molar-refractivity contribution in [1.29, 1.82) is 5.26 Å². The van der Waals surface area contributed by atoms with Crippen LogP contribution in [0.5, 0.6) is 0 Å². The maximum atomic E-state index is 13.1. The number of carbonyl (C=O) groups is 1. The second-order valence-electron chi connectivity index (χ2n) is 3.96. The molecule has 0 spiro atoms. The molecule has 0 saturated heterocycles. The van der Waals surface area contributed by atoms with Gasteiger partial charge in [-0.1, -0.05) is 12.1 Å². The molecule has 8 heteroatoms. The molecule has 1 aromatic rings. The van der Waals surface area contributed by atoms with Gasteiger partial charge in [0.1, 0.15) is 0 Å². The van der Waals surface area contributed by atoms with E-state index in [1.807, 2.05) is 0 Å². The van der Waals surface area contributed by atoms with Gasteiger partial charge in [0.05, 0.1) is 17.8 Å². The summed E-state index contributed by atoms with van der Waals surface area (Å²) in [4.78, 5) is 11.1. The minimum Gasteiger partial charge on any atom is -0.479 e. The Hall–Kier alpha value is -2.69. The highest BCUT2D eigenvalue weighted by atomic mass is 19.4. The lowest BCUT2D eigenvalue weighted by Gasteiger charge is -2.26. The lowest BCUT2D eigenvalue weighted by atomic mass is 9.85. The molecule has 1 aromatic carbocycles. The van der Waals surface area contributed by atoms with E-state index in [0.29, 0.717) is 0 Å². The molecule has 0 amide bonds. The molecule has 102 valence electrons. The lowest BCUT2D eigenvalue weighted by molar-refractivity contribution is -0.188. The fraction of sp³-hybridized carbons (Fsp3) is 0.167. The largest absolute Gasteiger partial charge is 0.479 e. The van der Waals surface area contributed by atoms with E-state index in [1.165, 1.54) is 18.2 Å². The second kappa shape index (κ2) is 4.45. The number of carboxylic acids is 1. The van der Waals surface area contributed by atoms with Crippen LogP contribution in [-0.4, -0.2) is 22.8 Å². The van der Waals surface area contributed by atoms with Crippen molar-refractivity contribution in [3.63, 3.8) is 0 Å². The zero-order chi connectivity index (χ0) is 15.0. The van der Waals surface area contributed by atoms with Gasteiger partial charge in [-0.05, 0) is 17.7 Å². The van der Waals surface area contributed by atoms with Crippen LogP contribution in [0.25, 0.3) is 5.57 Å². The predicted molar refractivity (Wildman–Crippen MR) is 60.4 cm³/mol. The molecule has 0 saturated carbocycles. The number of rotatable bonds is 2. The van der Waals surface area contributed by atoms with E-state index < -0.39 is 23.3 Å². The number of aliphatic carboxylic acids is 1. The summed E-state index contributed by atoms with van der Waals surface area (Å²) in [6.07, 6.45) is -4.40. The van der Waals surface area contributed by atoms with Crippen molar-refractivity contribution in [2.75, 3.05) is 0 Å². The Balaban J connectivity index is 2.62. The first-order chi connectivity index (χ1) is 9.33. The minimum absolute atomic E-state index is 0.0613. The van der Waals surface area contributed by atoms with Crippen LogP contribution in [0.1, 0.15) is 11.1 Å². The van der Waals surface area contributed by atoms with Gasteiger partial charge in [0, 0.05) is 5.57 Å². The molecule has 0 aliphatic carbocycles. The van der Waals surface area contributed by atoms with Crippen LogP contribution < -0.4 is 0 Å². The molecule has 5 nitrogen and oxygen atoms in total. The molecule has 20 heavy (non-hydrogen) atoms. The molecular weight excluding hydrogens is 275 g/mol. The van der Waals surface area contributed by atoms with Gasteiger partial charge in [0.15, 0.2) is 0 Å². The molecule has 1 unspecified atom stereocenters. The Bertz CT molecular complexity index is 673. The van der Waals surface area contributed by atoms with Crippen molar-refractivity contribution in [3.05, 3.63) is 41.6 Å². The quantitative estimate of drug-likeness (QED) is 0.904. The number of alkyl halides is 3. The van der Waals surface area contributed by atoms with Gasteiger partial charge < -0.3 is 5.11 Å². The van der Waals surface area contributed by atoms with Gasteiger partial charge in [0.25, 0.3) is 5.54 Å². The first-order valence-corrected chi connectivity index (χ1v) is 5.26. The summed E-state index contributed by atoms with van der Waals surface area (Å²) in [5.41, 5.74) is -4.00. The van der Waals surface area contributed by atoms with E-state index in [9.17, 15) is 18.0 Å². The molecule has 0 aromatic heterocycles. The van der Waals surface area contributed by atoms with Crippen molar-refractivity contribution >= 4 is 11.5 Å². The fourth-order valence-electron chi connectivity index (χ4n) is 1.85. The van der Waals surface area contributed by atoms with E-state index in [2.05, 4.69) is 10.2 Å². The molecular formula is C12H6F3N3O2. The summed E-state index contributed by atoms with van der Waals surface area (Å²) >= 11 is 0. The average Bonchev–Trinajstić information content (AvgIpc) is 2.84. The van der Waals surface area contributed by atoms with Crippen LogP contribution in [0.2, 0.25) is 0 Å². The average molecular weight is 281 g/mol. The van der Waals surface area contributed by atoms with Crippen LogP contribution in [0.15, 0.2) is 40.7 Å². The smallest absolute Gasteiger partial charge is 0.430 e. The maximum Gasteiger partial charge on any atom is 0.430 e. The SMILES string of the molecule is N#Cc1cccc(C2=CN=NC2(C(=O)O)C(F)(F)F)c1. The van der Waals surface area contributed by atoms with E-state index >= 15 is 0 Å². The predicted octanol–water partition coefficient (Wildman–Crippen LogP) is 2.75. The standard InChI is InChI=1S/C12H6F3N3O2/c13-12(14,15)11(10(19)20)9(6-17-18-11)8-3-1-2-7(4-8)5-16/h1-4,6H,(H,19,20). The third kappa shape index (κ3) is 1.84. The highest BCUT2D eigenvalue weighted by Crippen LogP contribution is 2.47.